The Morgan fingerprint density at radius 1 is 1.50 bits per heavy atom. The fourth-order valence-electron chi connectivity index (χ4n) is 0.908. The van der Waals surface area contributed by atoms with Crippen molar-refractivity contribution in [2.75, 3.05) is 5.06 Å². The van der Waals surface area contributed by atoms with E-state index < -0.39 is 22.7 Å². The topological polar surface area (TPSA) is 105 Å². The van der Waals surface area contributed by atoms with E-state index in [4.69, 9.17) is 11.1 Å². The van der Waals surface area contributed by atoms with Gasteiger partial charge in [-0.3, -0.25) is 5.41 Å². The van der Waals surface area contributed by atoms with Crippen LogP contribution in [0.4, 0.5) is 14.5 Å². The second-order valence-corrected chi connectivity index (χ2v) is 2.58. The highest BCUT2D eigenvalue weighted by molar-refractivity contribution is 5.90. The van der Waals surface area contributed by atoms with E-state index in [1.165, 1.54) is 0 Å². The molecule has 0 spiro atoms. The number of benzene rings is 1. The van der Waals surface area contributed by atoms with Crippen LogP contribution in [0.15, 0.2) is 18.2 Å². The van der Waals surface area contributed by atoms with Crippen molar-refractivity contribution in [3.05, 3.63) is 39.9 Å². The lowest BCUT2D eigenvalue weighted by Gasteiger charge is -2.18. The van der Waals surface area contributed by atoms with Crippen LogP contribution in [0.5, 0.6) is 0 Å². The first kappa shape index (κ1) is 11.6. The maximum Gasteiger partial charge on any atom is 0.317 e. The zero-order valence-corrected chi connectivity index (χ0v) is 7.68. The Labute approximate surface area is 87.6 Å². The van der Waals surface area contributed by atoms with E-state index in [9.17, 15) is 18.9 Å². The number of guanidine groups is 1. The summed E-state index contributed by atoms with van der Waals surface area (Å²) in [5.74, 6) is -3.22. The predicted molar refractivity (Wildman–Crippen MR) is 48.8 cm³/mol. The van der Waals surface area contributed by atoms with Crippen molar-refractivity contribution in [3.8, 4) is 0 Å². The average molecular weight is 232 g/mol. The van der Waals surface area contributed by atoms with Crippen LogP contribution in [0.1, 0.15) is 0 Å². The van der Waals surface area contributed by atoms with Crippen LogP contribution >= 0.6 is 0 Å². The summed E-state index contributed by atoms with van der Waals surface area (Å²) < 4.78 is 25.4. The highest BCUT2D eigenvalue weighted by Crippen LogP contribution is 2.17. The molecule has 1 aromatic rings. The molecule has 0 aromatic heterocycles. The lowest BCUT2D eigenvalue weighted by Crippen LogP contribution is -2.38. The average Bonchev–Trinajstić information content (AvgIpc) is 2.18. The molecule has 0 aliphatic rings. The number of hydrogen-bond donors (Lipinski definition) is 2. The molecule has 0 fully saturated rings. The summed E-state index contributed by atoms with van der Waals surface area (Å²) >= 11 is 0. The zero-order chi connectivity index (χ0) is 12.3. The minimum Gasteiger partial charge on any atom is -0.368 e. The van der Waals surface area contributed by atoms with Gasteiger partial charge in [0.15, 0.2) is 11.6 Å². The highest BCUT2D eigenvalue weighted by atomic mass is 19.2. The molecule has 0 atom stereocenters. The van der Waals surface area contributed by atoms with Crippen LogP contribution in [0.25, 0.3) is 0 Å². The minimum absolute atomic E-state index is 0.239. The predicted octanol–water partition coefficient (Wildman–Crippen LogP) is 0.788. The molecule has 0 bridgehead atoms. The molecule has 16 heavy (non-hydrogen) atoms. The Morgan fingerprint density at radius 2 is 2.12 bits per heavy atom. The summed E-state index contributed by atoms with van der Waals surface area (Å²) in [5, 5.41) is 16.0. The molecule has 1 rings (SSSR count). The molecule has 0 amide bonds. The Kier molecular flexibility index (Phi) is 3.18. The van der Waals surface area contributed by atoms with Crippen molar-refractivity contribution >= 4 is 11.6 Å². The fourth-order valence-corrected chi connectivity index (χ4v) is 0.908. The molecule has 0 unspecified atom stereocenters. The Balaban J connectivity index is 3.06. The summed E-state index contributed by atoms with van der Waals surface area (Å²) in [5.41, 5.74) is 4.69. The molecule has 0 saturated carbocycles. The van der Waals surface area contributed by atoms with Crippen molar-refractivity contribution < 1.29 is 18.8 Å². The number of halogens is 2. The molecular weight excluding hydrogens is 226 g/mol. The van der Waals surface area contributed by atoms with Crippen LogP contribution in [-0.2, 0) is 4.94 Å². The molecule has 86 valence electrons. The number of hydroxylamine groups is 1. The molecule has 1 aromatic carbocycles. The van der Waals surface area contributed by atoms with Gasteiger partial charge in [0.05, 0.1) is 5.69 Å². The van der Waals surface area contributed by atoms with Gasteiger partial charge in [0.1, 0.15) is 0 Å². The van der Waals surface area contributed by atoms with Crippen LogP contribution in [0.3, 0.4) is 0 Å². The quantitative estimate of drug-likeness (QED) is 0.347. The summed E-state index contributed by atoms with van der Waals surface area (Å²) in [6, 6.07) is 2.31. The third kappa shape index (κ3) is 2.53. The molecule has 0 aliphatic carbocycles. The first-order valence-electron chi connectivity index (χ1n) is 3.83. The van der Waals surface area contributed by atoms with E-state index in [0.717, 1.165) is 12.1 Å². The molecule has 0 heterocycles. The van der Waals surface area contributed by atoms with Gasteiger partial charge in [0, 0.05) is 6.07 Å². The second-order valence-electron chi connectivity index (χ2n) is 2.58. The number of nitrogens with two attached hydrogens (primary N) is 1. The van der Waals surface area contributed by atoms with Crippen LogP contribution in [-0.4, -0.2) is 11.0 Å². The Hall–Kier alpha value is -2.45. The van der Waals surface area contributed by atoms with Gasteiger partial charge in [0.2, 0.25) is 5.96 Å². The number of nitrogens with zero attached hydrogens (tertiary/aromatic N) is 2. The van der Waals surface area contributed by atoms with Gasteiger partial charge < -0.3 is 5.73 Å². The van der Waals surface area contributed by atoms with Gasteiger partial charge in [-0.25, -0.2) is 8.78 Å². The first-order valence-corrected chi connectivity index (χ1v) is 3.83. The number of anilines is 1. The molecule has 0 aliphatic heterocycles. The van der Waals surface area contributed by atoms with Crippen molar-refractivity contribution in [2.45, 2.75) is 0 Å². The lowest BCUT2D eigenvalue weighted by molar-refractivity contribution is -0.758. The van der Waals surface area contributed by atoms with Crippen molar-refractivity contribution in [3.63, 3.8) is 0 Å². The van der Waals surface area contributed by atoms with Crippen molar-refractivity contribution in [1.29, 1.82) is 5.41 Å². The number of rotatable bonds is 3. The van der Waals surface area contributed by atoms with Gasteiger partial charge in [-0.1, -0.05) is 0 Å². The van der Waals surface area contributed by atoms with Gasteiger partial charge >= 0.3 is 5.09 Å². The van der Waals surface area contributed by atoms with E-state index in [-0.39, 0.29) is 10.8 Å². The molecule has 0 saturated heterocycles. The second kappa shape index (κ2) is 4.38. The molecule has 7 nitrogen and oxygen atoms in total. The van der Waals surface area contributed by atoms with E-state index in [1.54, 1.807) is 0 Å². The van der Waals surface area contributed by atoms with E-state index in [0.29, 0.717) is 6.07 Å². The molecule has 0 radical (unpaired) electrons. The molecule has 3 N–H and O–H groups in total. The summed E-state index contributed by atoms with van der Waals surface area (Å²) in [4.78, 5) is 14.0. The maximum atomic E-state index is 12.8. The molecule has 9 heteroatoms. The largest absolute Gasteiger partial charge is 0.368 e. The van der Waals surface area contributed by atoms with Gasteiger partial charge in [0.25, 0.3) is 0 Å². The third-order valence-electron chi connectivity index (χ3n) is 1.50. The maximum absolute atomic E-state index is 12.8. The number of hydrogen-bond acceptors (Lipinski definition) is 4. The van der Waals surface area contributed by atoms with Crippen LogP contribution in [0.2, 0.25) is 0 Å². The van der Waals surface area contributed by atoms with Crippen molar-refractivity contribution in [1.82, 2.24) is 0 Å². The zero-order valence-electron chi connectivity index (χ0n) is 7.68. The van der Waals surface area contributed by atoms with Gasteiger partial charge in [-0.15, -0.1) is 15.2 Å². The van der Waals surface area contributed by atoms with E-state index >= 15 is 0 Å². The SMILES string of the molecule is N=C(N)N(O[N+](=O)[O-])c1ccc(F)c(F)c1. The van der Waals surface area contributed by atoms with Crippen LogP contribution in [0, 0.1) is 27.2 Å². The monoisotopic (exact) mass is 232 g/mol. The highest BCUT2D eigenvalue weighted by Gasteiger charge is 2.16. The Morgan fingerprint density at radius 3 is 2.56 bits per heavy atom. The summed E-state index contributed by atoms with van der Waals surface area (Å²) in [7, 11) is 0. The van der Waals surface area contributed by atoms with E-state index in [2.05, 4.69) is 4.94 Å². The fraction of sp³-hybridized carbons (Fsp3) is 0. The summed E-state index contributed by atoms with van der Waals surface area (Å²) in [6.07, 6.45) is 0. The number of nitrogens with one attached hydrogen (secondary N) is 1. The van der Waals surface area contributed by atoms with Crippen molar-refractivity contribution in [2.24, 2.45) is 5.73 Å². The third-order valence-corrected chi connectivity index (χ3v) is 1.50. The lowest BCUT2D eigenvalue weighted by atomic mass is 10.3. The summed E-state index contributed by atoms with van der Waals surface area (Å²) in [6.45, 7) is 0. The Bertz CT molecular complexity index is 440. The normalized spacial score (nSPS) is 9.62. The smallest absolute Gasteiger partial charge is 0.317 e. The van der Waals surface area contributed by atoms with Gasteiger partial charge in [-0.05, 0) is 12.1 Å². The minimum atomic E-state index is -1.24. The van der Waals surface area contributed by atoms with Gasteiger partial charge in [-0.2, -0.15) is 4.94 Å². The van der Waals surface area contributed by atoms with Crippen LogP contribution < -0.4 is 10.8 Å². The standard InChI is InChI=1S/C7H6F2N4O3/c8-5-2-1-4(3-6(5)9)12(7(10)11)16-13(14)15/h1-3H,(H3,10,11). The van der Waals surface area contributed by atoms with E-state index in [1.807, 2.05) is 0 Å². The molecular formula is C7H6F2N4O3. The first-order chi connectivity index (χ1) is 7.41.